The summed E-state index contributed by atoms with van der Waals surface area (Å²) in [6, 6.07) is 5.06. The smallest absolute Gasteiger partial charge is 0.257 e. The number of carbonyl (C=O) groups excluding carboxylic acids is 2. The molecule has 2 amide bonds. The zero-order valence-electron chi connectivity index (χ0n) is 14.8. The Bertz CT molecular complexity index is 634. The summed E-state index contributed by atoms with van der Waals surface area (Å²) in [5, 5.41) is 4.08. The number of carbonyl (C=O) groups is 2. The lowest BCUT2D eigenvalue weighted by atomic mass is 9.93. The SMILES string of the molecule is O=C(CCC1CCNCC1)N1CCN(C(=O)c2c(Cl)cccc2Cl)CC1. The molecule has 0 atom stereocenters. The van der Waals surface area contributed by atoms with Crippen LogP contribution in [-0.2, 0) is 4.79 Å². The van der Waals surface area contributed by atoms with E-state index in [1.165, 1.54) is 0 Å². The van der Waals surface area contributed by atoms with Crippen LogP contribution in [0.15, 0.2) is 18.2 Å². The maximum Gasteiger partial charge on any atom is 0.257 e. The van der Waals surface area contributed by atoms with Crippen LogP contribution in [-0.4, -0.2) is 60.9 Å². The third-order valence-electron chi connectivity index (χ3n) is 5.32. The van der Waals surface area contributed by atoms with Gasteiger partial charge in [0.2, 0.25) is 5.91 Å². The fraction of sp³-hybridized carbons (Fsp3) is 0.579. The average Bonchev–Trinajstić information content (AvgIpc) is 2.67. The molecular weight excluding hydrogens is 373 g/mol. The molecule has 2 aliphatic rings. The van der Waals surface area contributed by atoms with Crippen LogP contribution in [0.1, 0.15) is 36.0 Å². The topological polar surface area (TPSA) is 52.7 Å². The number of rotatable bonds is 4. The zero-order chi connectivity index (χ0) is 18.5. The Kier molecular flexibility index (Phi) is 6.79. The van der Waals surface area contributed by atoms with Crippen LogP contribution >= 0.6 is 23.2 Å². The Hall–Kier alpha value is -1.30. The molecule has 0 radical (unpaired) electrons. The van der Waals surface area contributed by atoms with Crippen LogP contribution in [0, 0.1) is 5.92 Å². The van der Waals surface area contributed by atoms with Crippen molar-refractivity contribution in [2.45, 2.75) is 25.7 Å². The Morgan fingerprint density at radius 3 is 2.19 bits per heavy atom. The molecule has 2 aliphatic heterocycles. The third-order valence-corrected chi connectivity index (χ3v) is 5.95. The van der Waals surface area contributed by atoms with E-state index >= 15 is 0 Å². The van der Waals surface area contributed by atoms with Crippen LogP contribution in [0.25, 0.3) is 0 Å². The number of nitrogens with one attached hydrogen (secondary N) is 1. The van der Waals surface area contributed by atoms with Gasteiger partial charge in [0.1, 0.15) is 0 Å². The van der Waals surface area contributed by atoms with Gasteiger partial charge in [-0.2, -0.15) is 0 Å². The predicted octanol–water partition coefficient (Wildman–Crippen LogP) is 3.06. The minimum Gasteiger partial charge on any atom is -0.339 e. The molecular formula is C19H25Cl2N3O2. The number of hydrogen-bond donors (Lipinski definition) is 1. The number of hydrogen-bond acceptors (Lipinski definition) is 3. The molecule has 2 heterocycles. The van der Waals surface area contributed by atoms with Crippen molar-refractivity contribution < 1.29 is 9.59 Å². The number of amides is 2. The normalized spacial score (nSPS) is 18.8. The van der Waals surface area contributed by atoms with E-state index < -0.39 is 0 Å². The van der Waals surface area contributed by atoms with Crippen molar-refractivity contribution in [2.75, 3.05) is 39.3 Å². The Morgan fingerprint density at radius 2 is 1.58 bits per heavy atom. The molecule has 142 valence electrons. The number of benzene rings is 1. The van der Waals surface area contributed by atoms with Gasteiger partial charge in [-0.15, -0.1) is 0 Å². The number of piperazine rings is 1. The van der Waals surface area contributed by atoms with Crippen LogP contribution in [0.5, 0.6) is 0 Å². The van der Waals surface area contributed by atoms with Crippen molar-refractivity contribution in [1.82, 2.24) is 15.1 Å². The molecule has 3 rings (SSSR count). The molecule has 26 heavy (non-hydrogen) atoms. The van der Waals surface area contributed by atoms with E-state index in [1.807, 2.05) is 4.90 Å². The minimum atomic E-state index is -0.164. The van der Waals surface area contributed by atoms with Crippen LogP contribution in [0.4, 0.5) is 0 Å². The van der Waals surface area contributed by atoms with Crippen molar-refractivity contribution in [3.63, 3.8) is 0 Å². The van der Waals surface area contributed by atoms with E-state index in [9.17, 15) is 9.59 Å². The van der Waals surface area contributed by atoms with E-state index in [2.05, 4.69) is 5.32 Å². The quantitative estimate of drug-likeness (QED) is 0.848. The molecule has 1 aromatic rings. The third kappa shape index (κ3) is 4.70. The van der Waals surface area contributed by atoms with Gasteiger partial charge in [-0.3, -0.25) is 9.59 Å². The van der Waals surface area contributed by atoms with Gasteiger partial charge >= 0.3 is 0 Å². The van der Waals surface area contributed by atoms with Crippen molar-refractivity contribution in [2.24, 2.45) is 5.92 Å². The van der Waals surface area contributed by atoms with Gasteiger partial charge in [0.15, 0.2) is 0 Å². The van der Waals surface area contributed by atoms with Gasteiger partial charge in [0, 0.05) is 32.6 Å². The lowest BCUT2D eigenvalue weighted by Gasteiger charge is -2.35. The molecule has 5 nitrogen and oxygen atoms in total. The highest BCUT2D eigenvalue weighted by atomic mass is 35.5. The number of piperidine rings is 1. The van der Waals surface area contributed by atoms with Gasteiger partial charge in [-0.05, 0) is 50.4 Å². The molecule has 0 unspecified atom stereocenters. The Morgan fingerprint density at radius 1 is 1.00 bits per heavy atom. The summed E-state index contributed by atoms with van der Waals surface area (Å²) in [5.41, 5.74) is 0.349. The summed E-state index contributed by atoms with van der Waals surface area (Å²) >= 11 is 12.3. The first-order valence-electron chi connectivity index (χ1n) is 9.28. The summed E-state index contributed by atoms with van der Waals surface area (Å²) in [7, 11) is 0. The highest BCUT2D eigenvalue weighted by Crippen LogP contribution is 2.26. The van der Waals surface area contributed by atoms with Crippen LogP contribution in [0.2, 0.25) is 10.0 Å². The van der Waals surface area contributed by atoms with E-state index in [-0.39, 0.29) is 11.8 Å². The summed E-state index contributed by atoms with van der Waals surface area (Å²) in [6.45, 7) is 4.28. The monoisotopic (exact) mass is 397 g/mol. The molecule has 2 saturated heterocycles. The van der Waals surface area contributed by atoms with E-state index in [0.29, 0.717) is 54.1 Å². The molecule has 0 aromatic heterocycles. The first-order valence-corrected chi connectivity index (χ1v) is 10.0. The van der Waals surface area contributed by atoms with Crippen molar-refractivity contribution in [3.05, 3.63) is 33.8 Å². The predicted molar refractivity (Wildman–Crippen MR) is 104 cm³/mol. The molecule has 2 fully saturated rings. The molecule has 7 heteroatoms. The standard InChI is InChI=1S/C19H25Cl2N3O2/c20-15-2-1-3-16(21)18(15)19(26)24-12-10-23(11-13-24)17(25)5-4-14-6-8-22-9-7-14/h1-3,14,22H,4-13H2. The maximum atomic E-state index is 12.7. The fourth-order valence-corrected chi connectivity index (χ4v) is 4.23. The Balaban J connectivity index is 1.49. The van der Waals surface area contributed by atoms with Crippen molar-refractivity contribution in [1.29, 1.82) is 0 Å². The second-order valence-electron chi connectivity index (χ2n) is 7.00. The van der Waals surface area contributed by atoms with Gasteiger partial charge < -0.3 is 15.1 Å². The second kappa shape index (κ2) is 9.07. The molecule has 0 saturated carbocycles. The number of nitrogens with zero attached hydrogens (tertiary/aromatic N) is 2. The molecule has 1 aromatic carbocycles. The van der Waals surface area contributed by atoms with E-state index in [1.54, 1.807) is 23.1 Å². The van der Waals surface area contributed by atoms with Crippen molar-refractivity contribution >= 4 is 35.0 Å². The molecule has 1 N–H and O–H groups in total. The van der Waals surface area contributed by atoms with E-state index in [0.717, 1.165) is 32.4 Å². The summed E-state index contributed by atoms with van der Waals surface area (Å²) in [5.74, 6) is 0.694. The maximum absolute atomic E-state index is 12.7. The summed E-state index contributed by atoms with van der Waals surface area (Å²) in [6.07, 6.45) is 3.89. The zero-order valence-corrected chi connectivity index (χ0v) is 16.4. The fourth-order valence-electron chi connectivity index (χ4n) is 3.68. The summed E-state index contributed by atoms with van der Waals surface area (Å²) in [4.78, 5) is 28.8. The first kappa shape index (κ1) is 19.5. The average molecular weight is 398 g/mol. The molecule has 0 aliphatic carbocycles. The minimum absolute atomic E-state index is 0.164. The van der Waals surface area contributed by atoms with Crippen LogP contribution in [0.3, 0.4) is 0 Å². The molecule has 0 spiro atoms. The first-order chi connectivity index (χ1) is 12.6. The van der Waals surface area contributed by atoms with Gasteiger partial charge in [0.25, 0.3) is 5.91 Å². The van der Waals surface area contributed by atoms with Gasteiger partial charge in [0.05, 0.1) is 15.6 Å². The van der Waals surface area contributed by atoms with Crippen molar-refractivity contribution in [3.8, 4) is 0 Å². The summed E-state index contributed by atoms with van der Waals surface area (Å²) < 4.78 is 0. The second-order valence-corrected chi connectivity index (χ2v) is 7.82. The van der Waals surface area contributed by atoms with Gasteiger partial charge in [-0.25, -0.2) is 0 Å². The number of halogens is 2. The highest BCUT2D eigenvalue weighted by molar-refractivity contribution is 6.39. The van der Waals surface area contributed by atoms with Gasteiger partial charge in [-0.1, -0.05) is 29.3 Å². The highest BCUT2D eigenvalue weighted by Gasteiger charge is 2.27. The largest absolute Gasteiger partial charge is 0.339 e. The van der Waals surface area contributed by atoms with E-state index in [4.69, 9.17) is 23.2 Å². The lowest BCUT2D eigenvalue weighted by molar-refractivity contribution is -0.133. The lowest BCUT2D eigenvalue weighted by Crippen LogP contribution is -2.50. The van der Waals surface area contributed by atoms with Crippen LogP contribution < -0.4 is 5.32 Å². The molecule has 0 bridgehead atoms. The Labute approximate surface area is 164 Å².